The third-order valence-corrected chi connectivity index (χ3v) is 6.82. The number of aromatic nitrogens is 4. The van der Waals surface area contributed by atoms with Crippen molar-refractivity contribution >= 4 is 69.1 Å². The van der Waals surface area contributed by atoms with E-state index in [1.165, 1.54) is 40.1 Å². The van der Waals surface area contributed by atoms with Gasteiger partial charge in [-0.3, -0.25) is 0 Å². The molecule has 0 amide bonds. The van der Waals surface area contributed by atoms with E-state index in [0.29, 0.717) is 13.4 Å². The first-order chi connectivity index (χ1) is 17.5. The van der Waals surface area contributed by atoms with Crippen LogP contribution in [0.25, 0.3) is 33.2 Å². The van der Waals surface area contributed by atoms with E-state index < -0.39 is 0 Å². The van der Waals surface area contributed by atoms with Crippen LogP contribution in [0, 0.1) is 13.8 Å². The van der Waals surface area contributed by atoms with Crippen molar-refractivity contribution < 1.29 is 9.68 Å². The number of hydrogen-bond acceptors (Lipinski definition) is 8. The summed E-state index contributed by atoms with van der Waals surface area (Å²) in [5.74, 6) is 0.646. The van der Waals surface area contributed by atoms with Crippen molar-refractivity contribution in [2.45, 2.75) is 13.8 Å². The number of benzene rings is 4. The first kappa shape index (κ1) is 25.9. The maximum Gasteiger partial charge on any atom is 0.569 e. The molecule has 6 aromatic rings. The molecule has 0 aliphatic carbocycles. The Kier molecular flexibility index (Phi) is 9.13. The van der Waals surface area contributed by atoms with Gasteiger partial charge < -0.3 is 9.68 Å². The van der Waals surface area contributed by atoms with Crippen molar-refractivity contribution in [2.75, 3.05) is 0 Å². The normalized spacial score (nSPS) is 10.2. The molecule has 0 aliphatic rings. The lowest BCUT2D eigenvalue weighted by molar-refractivity contribution is 0.454. The lowest BCUT2D eigenvalue weighted by atomic mass is 10.0. The molecule has 4 aromatic carbocycles. The molecule has 0 aliphatic heterocycles. The molecule has 36 heavy (non-hydrogen) atoms. The summed E-state index contributed by atoms with van der Waals surface area (Å²) in [5, 5.41) is 8.24. The number of fused-ring (bicyclic) bond motifs is 2. The molecule has 0 unspecified atom stereocenters. The topological polar surface area (TPSA) is 81.0 Å². The molecule has 179 valence electrons. The minimum atomic E-state index is 0.646. The number of hydrogen-bond donors (Lipinski definition) is 1. The molecule has 1 N–H and O–H groups in total. The fourth-order valence-corrected chi connectivity index (χ4v) is 4.88. The molecule has 0 fully saturated rings. The first-order valence-electron chi connectivity index (χ1n) is 10.9. The smallest absolute Gasteiger partial charge is 0.537 e. The Labute approximate surface area is 226 Å². The predicted octanol–water partition coefficient (Wildman–Crippen LogP) is 7.02. The highest BCUT2D eigenvalue weighted by Crippen LogP contribution is 2.27. The third-order valence-electron chi connectivity index (χ3n) is 5.10. The van der Waals surface area contributed by atoms with E-state index in [1.54, 1.807) is 12.1 Å². The van der Waals surface area contributed by atoms with E-state index in [-0.39, 0.29) is 0 Å². The summed E-state index contributed by atoms with van der Waals surface area (Å²) >= 11 is 5.88. The van der Waals surface area contributed by atoms with Gasteiger partial charge in [0, 0.05) is 10.0 Å². The van der Waals surface area contributed by atoms with Crippen LogP contribution in [-0.2, 0) is 0 Å². The number of nitrogens with zero attached hydrogens (tertiary/aromatic N) is 4. The van der Waals surface area contributed by atoms with Crippen LogP contribution in [0.5, 0.6) is 5.75 Å². The van der Waals surface area contributed by atoms with Crippen molar-refractivity contribution in [3.05, 3.63) is 101 Å². The second-order valence-electron chi connectivity index (χ2n) is 7.71. The fourth-order valence-electron chi connectivity index (χ4n) is 3.22. The summed E-state index contributed by atoms with van der Waals surface area (Å²) in [6.07, 6.45) is 0. The van der Waals surface area contributed by atoms with E-state index in [0.717, 1.165) is 32.1 Å². The maximum atomic E-state index is 8.24. The Bertz CT molecular complexity index is 1540. The summed E-state index contributed by atoms with van der Waals surface area (Å²) in [4.78, 5) is 0. The van der Waals surface area contributed by atoms with Crippen LogP contribution in [0.15, 0.2) is 89.4 Å². The first-order valence-corrected chi connectivity index (χ1v) is 13.1. The van der Waals surface area contributed by atoms with Crippen molar-refractivity contribution in [1.82, 2.24) is 17.5 Å². The average molecular weight is 576 g/mol. The molecule has 0 atom stereocenters. The summed E-state index contributed by atoms with van der Waals surface area (Å²) in [7, 11) is 0.671. The van der Waals surface area contributed by atoms with Crippen LogP contribution < -0.4 is 4.65 Å². The van der Waals surface area contributed by atoms with Gasteiger partial charge >= 0.3 is 7.69 Å². The van der Waals surface area contributed by atoms with Crippen LogP contribution >= 0.6 is 39.4 Å². The molecule has 0 spiro atoms. The molecule has 2 heterocycles. The van der Waals surface area contributed by atoms with E-state index >= 15 is 0 Å². The van der Waals surface area contributed by atoms with Crippen molar-refractivity contribution in [1.29, 1.82) is 0 Å². The van der Waals surface area contributed by atoms with Crippen LogP contribution in [0.2, 0.25) is 0 Å². The second-order valence-corrected chi connectivity index (χ2v) is 9.62. The van der Waals surface area contributed by atoms with E-state index in [1.807, 2.05) is 49.4 Å². The lowest BCUT2D eigenvalue weighted by Crippen LogP contribution is -1.99. The number of rotatable bonds is 3. The Hall–Kier alpha value is -3.18. The molecule has 0 saturated heterocycles. The SMILES string of the molecule is Brc1cccc2nsnc12.Cc1ccc(-c2cccc3nsnc23)cc1.Cc1ccc(O[B]O)cc1. The van der Waals surface area contributed by atoms with Gasteiger partial charge in [0.05, 0.1) is 29.2 Å². The van der Waals surface area contributed by atoms with Crippen molar-refractivity contribution in [3.63, 3.8) is 0 Å². The average Bonchev–Trinajstić information content (AvgIpc) is 3.57. The van der Waals surface area contributed by atoms with Crippen LogP contribution in [0.3, 0.4) is 0 Å². The van der Waals surface area contributed by atoms with Crippen LogP contribution in [0.1, 0.15) is 11.1 Å². The van der Waals surface area contributed by atoms with Crippen LogP contribution in [0.4, 0.5) is 0 Å². The zero-order valence-electron chi connectivity index (χ0n) is 19.5. The Morgan fingerprint density at radius 3 is 1.86 bits per heavy atom. The number of aryl methyl sites for hydroxylation is 2. The minimum Gasteiger partial charge on any atom is -0.537 e. The van der Waals surface area contributed by atoms with Gasteiger partial charge in [-0.15, -0.1) is 0 Å². The van der Waals surface area contributed by atoms with Crippen molar-refractivity contribution in [2.24, 2.45) is 0 Å². The minimum absolute atomic E-state index is 0.646. The Morgan fingerprint density at radius 1 is 0.694 bits per heavy atom. The molecular weight excluding hydrogens is 555 g/mol. The fraction of sp³-hybridized carbons (Fsp3) is 0.0769. The Balaban J connectivity index is 0.000000133. The van der Waals surface area contributed by atoms with Gasteiger partial charge in [0.25, 0.3) is 0 Å². The highest BCUT2D eigenvalue weighted by atomic mass is 79.9. The molecule has 6 rings (SSSR count). The molecule has 2 aromatic heterocycles. The van der Waals surface area contributed by atoms with Gasteiger partial charge in [0.1, 0.15) is 22.1 Å². The summed E-state index contributed by atoms with van der Waals surface area (Å²) in [6.45, 7) is 4.08. The second kappa shape index (κ2) is 12.7. The van der Waals surface area contributed by atoms with Gasteiger partial charge in [-0.25, -0.2) is 0 Å². The molecule has 1 radical (unpaired) electrons. The van der Waals surface area contributed by atoms with Gasteiger partial charge in [-0.2, -0.15) is 17.5 Å². The maximum absolute atomic E-state index is 8.24. The highest BCUT2D eigenvalue weighted by molar-refractivity contribution is 9.10. The largest absolute Gasteiger partial charge is 0.569 e. The highest BCUT2D eigenvalue weighted by Gasteiger charge is 2.06. The van der Waals surface area contributed by atoms with Gasteiger partial charge in [-0.1, -0.05) is 65.7 Å². The van der Waals surface area contributed by atoms with E-state index in [4.69, 9.17) is 9.68 Å². The van der Waals surface area contributed by atoms with Crippen LogP contribution in [-0.4, -0.2) is 30.2 Å². The monoisotopic (exact) mass is 575 g/mol. The zero-order valence-corrected chi connectivity index (χ0v) is 22.7. The molecule has 6 nitrogen and oxygen atoms in total. The van der Waals surface area contributed by atoms with Crippen molar-refractivity contribution in [3.8, 4) is 16.9 Å². The quantitative estimate of drug-likeness (QED) is 0.228. The van der Waals surface area contributed by atoms with E-state index in [9.17, 15) is 0 Å². The number of halogens is 1. The van der Waals surface area contributed by atoms with Gasteiger partial charge in [-0.05, 0) is 65.7 Å². The zero-order chi connectivity index (χ0) is 25.3. The van der Waals surface area contributed by atoms with Gasteiger partial charge in [0.15, 0.2) is 0 Å². The predicted molar refractivity (Wildman–Crippen MR) is 152 cm³/mol. The summed E-state index contributed by atoms with van der Waals surface area (Å²) < 4.78 is 22.5. The van der Waals surface area contributed by atoms with Gasteiger partial charge in [0.2, 0.25) is 0 Å². The molecule has 0 bridgehead atoms. The molecular formula is C26H21BBrN4O2S2. The van der Waals surface area contributed by atoms with E-state index in [2.05, 4.69) is 70.7 Å². The molecule has 10 heteroatoms. The Morgan fingerprint density at radius 2 is 1.25 bits per heavy atom. The summed E-state index contributed by atoms with van der Waals surface area (Å²) in [6, 6.07) is 27.9. The standard InChI is InChI=1S/C13H10N2S.C7H8BO2.C6H3BrN2S/c1-9-5-7-10(8-6-9)11-3-2-4-12-13(11)15-16-14-12;1-6-2-4-7(5-3-6)10-8-9;7-4-2-1-3-5-6(4)9-10-8-5/h2-8H,1H3;2-5,9H,1H3;1-3H. The molecule has 0 saturated carbocycles. The third kappa shape index (κ3) is 6.73. The lowest BCUT2D eigenvalue weighted by Gasteiger charge is -2.02. The summed E-state index contributed by atoms with van der Waals surface area (Å²) in [5.41, 5.74) is 8.68.